The van der Waals surface area contributed by atoms with Crippen LogP contribution < -0.4 is 4.90 Å². The van der Waals surface area contributed by atoms with Gasteiger partial charge in [0.1, 0.15) is 0 Å². The summed E-state index contributed by atoms with van der Waals surface area (Å²) in [6.07, 6.45) is -0.0186. The van der Waals surface area contributed by atoms with E-state index in [1.54, 1.807) is 19.2 Å². The third-order valence-corrected chi connectivity index (χ3v) is 4.98. The molecule has 1 saturated carbocycles. The van der Waals surface area contributed by atoms with E-state index in [-0.39, 0.29) is 6.42 Å². The molecule has 6 heteroatoms. The Morgan fingerprint density at radius 3 is 2.00 bits per heavy atom. The molecule has 2 unspecified atom stereocenters. The molecule has 1 fully saturated rings. The number of nitrogens with zero attached hydrogens (tertiary/aromatic N) is 1. The Morgan fingerprint density at radius 1 is 0.885 bits per heavy atom. The molecule has 2 N–H and O–H groups in total. The van der Waals surface area contributed by atoms with E-state index in [1.807, 2.05) is 42.5 Å². The molecule has 1 amide bonds. The zero-order valence-electron chi connectivity index (χ0n) is 14.2. The lowest BCUT2D eigenvalue weighted by Crippen LogP contribution is -2.53. The van der Waals surface area contributed by atoms with E-state index in [0.717, 1.165) is 11.1 Å². The van der Waals surface area contributed by atoms with Gasteiger partial charge in [0.2, 0.25) is 5.91 Å². The first-order valence-electron chi connectivity index (χ1n) is 8.29. The lowest BCUT2D eigenvalue weighted by Gasteiger charge is -2.40. The summed E-state index contributed by atoms with van der Waals surface area (Å²) in [5.41, 5.74) is 2.35. The summed E-state index contributed by atoms with van der Waals surface area (Å²) in [6.45, 7) is 0. The van der Waals surface area contributed by atoms with Gasteiger partial charge in [-0.15, -0.1) is 0 Å². The van der Waals surface area contributed by atoms with Gasteiger partial charge in [0.05, 0.1) is 23.4 Å². The van der Waals surface area contributed by atoms with Crippen LogP contribution in [0.2, 0.25) is 0 Å². The van der Waals surface area contributed by atoms with Gasteiger partial charge >= 0.3 is 11.9 Å². The molecule has 0 aromatic heterocycles. The molecule has 2 aromatic carbocycles. The number of hydrogen-bond donors (Lipinski definition) is 2. The fourth-order valence-electron chi connectivity index (χ4n) is 3.47. The molecule has 26 heavy (non-hydrogen) atoms. The number of carboxylic acids is 2. The molecule has 0 spiro atoms. The van der Waals surface area contributed by atoms with Crippen LogP contribution in [0.4, 0.5) is 5.69 Å². The Kier molecular flexibility index (Phi) is 4.75. The first-order chi connectivity index (χ1) is 12.4. The van der Waals surface area contributed by atoms with E-state index in [0.29, 0.717) is 5.69 Å². The molecule has 1 aliphatic rings. The maximum atomic E-state index is 12.9. The number of amides is 1. The highest BCUT2D eigenvalue weighted by Crippen LogP contribution is 2.43. The Balaban J connectivity index is 1.94. The van der Waals surface area contributed by atoms with Gasteiger partial charge in [-0.05, 0) is 18.1 Å². The van der Waals surface area contributed by atoms with Crippen LogP contribution in [0, 0.1) is 17.8 Å². The minimum Gasteiger partial charge on any atom is -0.481 e. The molecule has 0 bridgehead atoms. The van der Waals surface area contributed by atoms with Crippen molar-refractivity contribution in [3.05, 3.63) is 54.6 Å². The summed E-state index contributed by atoms with van der Waals surface area (Å²) in [6, 6.07) is 16.8. The average molecular weight is 353 g/mol. The van der Waals surface area contributed by atoms with E-state index in [1.165, 1.54) is 4.90 Å². The molecule has 134 valence electrons. The van der Waals surface area contributed by atoms with E-state index in [9.17, 15) is 24.6 Å². The number of carbonyl (C=O) groups is 3. The van der Waals surface area contributed by atoms with Crippen molar-refractivity contribution in [3.63, 3.8) is 0 Å². The van der Waals surface area contributed by atoms with Crippen molar-refractivity contribution in [2.45, 2.75) is 6.42 Å². The summed E-state index contributed by atoms with van der Waals surface area (Å²) >= 11 is 0. The van der Waals surface area contributed by atoms with Gasteiger partial charge in [-0.25, -0.2) is 0 Å². The second-order valence-electron chi connectivity index (χ2n) is 6.43. The van der Waals surface area contributed by atoms with Crippen molar-refractivity contribution in [2.24, 2.45) is 17.8 Å². The number of para-hydroxylation sites is 1. The SMILES string of the molecule is CN(C(=O)C1C(C(=O)O)CC1C(=O)O)c1ccccc1-c1ccccc1. The summed E-state index contributed by atoms with van der Waals surface area (Å²) in [5.74, 6) is -5.74. The first-order valence-corrected chi connectivity index (χ1v) is 8.29. The van der Waals surface area contributed by atoms with Crippen LogP contribution in [0.1, 0.15) is 6.42 Å². The van der Waals surface area contributed by atoms with Gasteiger partial charge in [-0.1, -0.05) is 48.5 Å². The molecule has 0 heterocycles. The van der Waals surface area contributed by atoms with Crippen LogP contribution in [0.5, 0.6) is 0 Å². The molecular formula is C20H19NO5. The molecule has 2 atom stereocenters. The zero-order valence-corrected chi connectivity index (χ0v) is 14.2. The largest absolute Gasteiger partial charge is 0.481 e. The fourth-order valence-corrected chi connectivity index (χ4v) is 3.47. The number of rotatable bonds is 5. The normalized spacial score (nSPS) is 21.5. The predicted octanol–water partition coefficient (Wildman–Crippen LogP) is 2.74. The van der Waals surface area contributed by atoms with Crippen molar-refractivity contribution in [1.82, 2.24) is 0 Å². The molecule has 2 aromatic rings. The van der Waals surface area contributed by atoms with Gasteiger partial charge in [-0.3, -0.25) is 14.4 Å². The van der Waals surface area contributed by atoms with Crippen molar-refractivity contribution in [1.29, 1.82) is 0 Å². The third kappa shape index (κ3) is 3.06. The topological polar surface area (TPSA) is 94.9 Å². The van der Waals surface area contributed by atoms with E-state index >= 15 is 0 Å². The van der Waals surface area contributed by atoms with Crippen molar-refractivity contribution in [3.8, 4) is 11.1 Å². The maximum Gasteiger partial charge on any atom is 0.307 e. The molecule has 3 rings (SSSR count). The first kappa shape index (κ1) is 17.7. The van der Waals surface area contributed by atoms with Crippen LogP contribution in [-0.2, 0) is 14.4 Å². The van der Waals surface area contributed by atoms with Crippen molar-refractivity contribution in [2.75, 3.05) is 11.9 Å². The Morgan fingerprint density at radius 2 is 1.42 bits per heavy atom. The highest BCUT2D eigenvalue weighted by molar-refractivity contribution is 6.03. The summed E-state index contributed by atoms with van der Waals surface area (Å²) < 4.78 is 0. The van der Waals surface area contributed by atoms with Crippen LogP contribution in [0.15, 0.2) is 54.6 Å². The molecule has 6 nitrogen and oxygen atoms in total. The predicted molar refractivity (Wildman–Crippen MR) is 95.6 cm³/mol. The minimum atomic E-state index is -1.13. The monoisotopic (exact) mass is 353 g/mol. The fraction of sp³-hybridized carbons (Fsp3) is 0.250. The van der Waals surface area contributed by atoms with Crippen molar-refractivity contribution < 1.29 is 24.6 Å². The highest BCUT2D eigenvalue weighted by atomic mass is 16.4. The van der Waals surface area contributed by atoms with Gasteiger partial charge in [0.15, 0.2) is 0 Å². The molecule has 0 radical (unpaired) electrons. The van der Waals surface area contributed by atoms with E-state index in [4.69, 9.17) is 0 Å². The van der Waals surface area contributed by atoms with Crippen LogP contribution in [0.25, 0.3) is 11.1 Å². The standard InChI is InChI=1S/C20H19NO5/c1-21(18(22)17-14(19(23)24)11-15(17)20(25)26)16-10-6-5-9-13(16)12-7-3-2-4-8-12/h2-10,14-15,17H,11H2,1H3,(H,23,24)(H,25,26). The summed E-state index contributed by atoms with van der Waals surface area (Å²) in [7, 11) is 1.56. The van der Waals surface area contributed by atoms with Crippen molar-refractivity contribution >= 4 is 23.5 Å². The molecular weight excluding hydrogens is 334 g/mol. The number of hydrogen-bond acceptors (Lipinski definition) is 3. The van der Waals surface area contributed by atoms with Crippen LogP contribution in [-0.4, -0.2) is 35.1 Å². The number of benzene rings is 2. The number of carboxylic acid groups (broad SMARTS) is 2. The second kappa shape index (κ2) is 7.00. The van der Waals surface area contributed by atoms with Gasteiger partial charge in [-0.2, -0.15) is 0 Å². The Labute approximate surface area is 150 Å². The molecule has 0 aliphatic heterocycles. The molecule has 1 aliphatic carbocycles. The Hall–Kier alpha value is -3.15. The zero-order chi connectivity index (χ0) is 18.8. The van der Waals surface area contributed by atoms with E-state index in [2.05, 4.69) is 0 Å². The van der Waals surface area contributed by atoms with Crippen LogP contribution >= 0.6 is 0 Å². The average Bonchev–Trinajstić information content (AvgIpc) is 2.60. The Bertz CT molecular complexity index is 828. The lowest BCUT2D eigenvalue weighted by molar-refractivity contribution is -0.166. The smallest absolute Gasteiger partial charge is 0.307 e. The summed E-state index contributed by atoms with van der Waals surface area (Å²) in [5, 5.41) is 18.5. The lowest BCUT2D eigenvalue weighted by atomic mass is 9.64. The van der Waals surface area contributed by atoms with E-state index < -0.39 is 35.6 Å². The minimum absolute atomic E-state index is 0.0186. The number of aliphatic carboxylic acids is 2. The molecule has 0 saturated heterocycles. The quantitative estimate of drug-likeness (QED) is 0.862. The number of carbonyl (C=O) groups excluding carboxylic acids is 1. The summed E-state index contributed by atoms with van der Waals surface area (Å²) in [4.78, 5) is 37.0. The highest BCUT2D eigenvalue weighted by Gasteiger charge is 2.54. The van der Waals surface area contributed by atoms with Gasteiger partial charge in [0.25, 0.3) is 0 Å². The maximum absolute atomic E-state index is 12.9. The third-order valence-electron chi connectivity index (χ3n) is 4.98. The number of anilines is 1. The van der Waals surface area contributed by atoms with Gasteiger partial charge in [0, 0.05) is 12.6 Å². The van der Waals surface area contributed by atoms with Gasteiger partial charge < -0.3 is 15.1 Å². The second-order valence-corrected chi connectivity index (χ2v) is 6.43. The van der Waals surface area contributed by atoms with Crippen LogP contribution in [0.3, 0.4) is 0 Å².